The number of nitrogens with zero attached hydrogens (tertiary/aromatic N) is 3. The monoisotopic (exact) mass is 349 g/mol. The lowest BCUT2D eigenvalue weighted by Crippen LogP contribution is -2.36. The van der Waals surface area contributed by atoms with Crippen molar-refractivity contribution in [1.29, 1.82) is 0 Å². The van der Waals surface area contributed by atoms with Gasteiger partial charge in [-0.25, -0.2) is 17.7 Å². The molecule has 3 rings (SSSR count). The maximum Gasteiger partial charge on any atom is 0.244 e. The topological polar surface area (TPSA) is 66.7 Å². The van der Waals surface area contributed by atoms with Gasteiger partial charge in [-0.2, -0.15) is 0 Å². The van der Waals surface area contributed by atoms with Crippen molar-refractivity contribution in [2.24, 2.45) is 5.92 Å². The molecule has 24 heavy (non-hydrogen) atoms. The van der Waals surface area contributed by atoms with Crippen molar-refractivity contribution in [3.05, 3.63) is 42.5 Å². The van der Waals surface area contributed by atoms with E-state index in [9.17, 15) is 8.42 Å². The third-order valence-corrected chi connectivity index (χ3v) is 6.33. The number of pyridine rings is 1. The van der Waals surface area contributed by atoms with E-state index in [1.54, 1.807) is 18.4 Å². The maximum absolute atomic E-state index is 12.2. The number of piperidine rings is 1. The van der Waals surface area contributed by atoms with E-state index < -0.39 is 10.0 Å². The third-order valence-electron chi connectivity index (χ3n) is 4.53. The van der Waals surface area contributed by atoms with E-state index in [2.05, 4.69) is 16.8 Å². The lowest BCUT2D eigenvalue weighted by atomic mass is 9.91. The number of hydrogen-bond donors (Lipinski definition) is 0. The summed E-state index contributed by atoms with van der Waals surface area (Å²) in [5.41, 5.74) is 0. The summed E-state index contributed by atoms with van der Waals surface area (Å²) in [7, 11) is -0.424. The molecule has 3 heterocycles. The second-order valence-corrected chi connectivity index (χ2v) is 8.65. The number of anilines is 1. The summed E-state index contributed by atoms with van der Waals surface area (Å²) >= 11 is 0. The Morgan fingerprint density at radius 3 is 2.67 bits per heavy atom. The highest BCUT2D eigenvalue weighted by Gasteiger charge is 2.30. The predicted molar refractivity (Wildman–Crippen MR) is 92.3 cm³/mol. The Kier molecular flexibility index (Phi) is 4.64. The van der Waals surface area contributed by atoms with E-state index in [0.29, 0.717) is 5.92 Å². The van der Waals surface area contributed by atoms with Gasteiger partial charge < -0.3 is 9.32 Å². The van der Waals surface area contributed by atoms with Crippen molar-refractivity contribution in [2.75, 3.05) is 25.5 Å². The molecule has 0 aromatic carbocycles. The first-order valence-electron chi connectivity index (χ1n) is 8.08. The van der Waals surface area contributed by atoms with Gasteiger partial charge in [0.1, 0.15) is 16.5 Å². The Hall–Kier alpha value is -1.86. The smallest absolute Gasteiger partial charge is 0.244 e. The Bertz CT molecular complexity index is 770. The van der Waals surface area contributed by atoms with Gasteiger partial charge in [0.2, 0.25) is 10.0 Å². The molecule has 0 aliphatic carbocycles. The van der Waals surface area contributed by atoms with Crippen molar-refractivity contribution in [3.8, 4) is 0 Å². The van der Waals surface area contributed by atoms with Crippen LogP contribution in [0.2, 0.25) is 0 Å². The van der Waals surface area contributed by atoms with Crippen LogP contribution in [0.5, 0.6) is 0 Å². The summed E-state index contributed by atoms with van der Waals surface area (Å²) in [6, 6.07) is 7.41. The largest absolute Gasteiger partial charge is 0.467 e. The van der Waals surface area contributed by atoms with Crippen LogP contribution in [0.3, 0.4) is 0 Å². The predicted octanol–water partition coefficient (Wildman–Crippen LogP) is 2.90. The van der Waals surface area contributed by atoms with Gasteiger partial charge in [0.05, 0.1) is 12.3 Å². The van der Waals surface area contributed by atoms with Crippen LogP contribution in [0.15, 0.2) is 46.0 Å². The van der Waals surface area contributed by atoms with Gasteiger partial charge in [0, 0.05) is 26.8 Å². The van der Waals surface area contributed by atoms with E-state index in [-0.39, 0.29) is 10.9 Å². The van der Waals surface area contributed by atoms with Crippen molar-refractivity contribution >= 4 is 15.8 Å². The quantitative estimate of drug-likeness (QED) is 0.849. The van der Waals surface area contributed by atoms with Gasteiger partial charge in [-0.05, 0) is 43.0 Å². The van der Waals surface area contributed by atoms with E-state index in [1.165, 1.54) is 24.6 Å². The second kappa shape index (κ2) is 6.57. The van der Waals surface area contributed by atoms with E-state index >= 15 is 0 Å². The summed E-state index contributed by atoms with van der Waals surface area (Å²) in [6.07, 6.45) is 5.19. The molecule has 130 valence electrons. The highest BCUT2D eigenvalue weighted by molar-refractivity contribution is 7.89. The summed E-state index contributed by atoms with van der Waals surface area (Å²) < 4.78 is 31.1. The summed E-state index contributed by atoms with van der Waals surface area (Å²) in [5, 5.41) is 0. The fourth-order valence-corrected chi connectivity index (χ4v) is 3.92. The van der Waals surface area contributed by atoms with E-state index in [4.69, 9.17) is 4.42 Å². The lowest BCUT2D eigenvalue weighted by molar-refractivity contribution is 0.327. The molecular weight excluding hydrogens is 326 g/mol. The zero-order valence-electron chi connectivity index (χ0n) is 14.2. The van der Waals surface area contributed by atoms with E-state index in [1.807, 2.05) is 12.1 Å². The zero-order chi connectivity index (χ0) is 17.3. The molecule has 0 amide bonds. The van der Waals surface area contributed by atoms with Gasteiger partial charge in [-0.3, -0.25) is 0 Å². The number of hydrogen-bond acceptors (Lipinski definition) is 5. The molecule has 0 spiro atoms. The molecule has 1 saturated heterocycles. The van der Waals surface area contributed by atoms with Crippen LogP contribution in [-0.2, 0) is 10.0 Å². The SMILES string of the molecule is CC1CCN(c2ccc(S(=O)(=O)N(C)C)cn2)C(c2ccco2)C1. The molecule has 2 atom stereocenters. The number of rotatable bonds is 4. The van der Waals surface area contributed by atoms with Crippen molar-refractivity contribution in [2.45, 2.75) is 30.7 Å². The molecule has 0 saturated carbocycles. The van der Waals surface area contributed by atoms with Crippen LogP contribution in [0.4, 0.5) is 5.82 Å². The minimum absolute atomic E-state index is 0.132. The summed E-state index contributed by atoms with van der Waals surface area (Å²) in [6.45, 7) is 3.12. The van der Waals surface area contributed by atoms with Crippen molar-refractivity contribution < 1.29 is 12.8 Å². The minimum atomic E-state index is -3.46. The highest BCUT2D eigenvalue weighted by Crippen LogP contribution is 2.37. The molecule has 1 fully saturated rings. The van der Waals surface area contributed by atoms with Gasteiger partial charge in [0.25, 0.3) is 0 Å². The number of aromatic nitrogens is 1. The Morgan fingerprint density at radius 1 is 1.29 bits per heavy atom. The molecule has 6 nitrogen and oxygen atoms in total. The standard InChI is InChI=1S/C17H23N3O3S/c1-13-8-9-20(15(11-13)16-5-4-10-23-16)17-7-6-14(12-18-17)24(21,22)19(2)3/h4-7,10,12-13,15H,8-9,11H2,1-3H3. The first-order valence-corrected chi connectivity index (χ1v) is 9.52. The van der Waals surface area contributed by atoms with Crippen molar-refractivity contribution in [3.63, 3.8) is 0 Å². The number of sulfonamides is 1. The molecule has 2 aromatic rings. The third kappa shape index (κ3) is 3.18. The molecule has 1 aliphatic rings. The minimum Gasteiger partial charge on any atom is -0.467 e. The highest BCUT2D eigenvalue weighted by atomic mass is 32.2. The van der Waals surface area contributed by atoms with Gasteiger partial charge in [-0.1, -0.05) is 6.92 Å². The van der Waals surface area contributed by atoms with Crippen LogP contribution < -0.4 is 4.90 Å². The fourth-order valence-electron chi connectivity index (χ4n) is 3.07. The molecule has 2 unspecified atom stereocenters. The summed E-state index contributed by atoms with van der Waals surface area (Å²) in [5.74, 6) is 2.32. The first-order chi connectivity index (χ1) is 11.4. The van der Waals surface area contributed by atoms with Gasteiger partial charge in [0.15, 0.2) is 0 Å². The Labute approximate surface area is 143 Å². The Morgan fingerprint density at radius 2 is 2.08 bits per heavy atom. The molecule has 1 aliphatic heterocycles. The van der Waals surface area contributed by atoms with Crippen LogP contribution in [0.25, 0.3) is 0 Å². The van der Waals surface area contributed by atoms with Crippen LogP contribution in [0.1, 0.15) is 31.6 Å². The summed E-state index contributed by atoms with van der Waals surface area (Å²) in [4.78, 5) is 6.82. The second-order valence-electron chi connectivity index (χ2n) is 6.49. The molecule has 0 bridgehead atoms. The fraction of sp³-hybridized carbons (Fsp3) is 0.471. The molecular formula is C17H23N3O3S. The first kappa shape index (κ1) is 17.0. The molecule has 7 heteroatoms. The maximum atomic E-state index is 12.2. The van der Waals surface area contributed by atoms with Crippen molar-refractivity contribution in [1.82, 2.24) is 9.29 Å². The van der Waals surface area contributed by atoms with Crippen LogP contribution in [0, 0.1) is 5.92 Å². The normalized spacial score (nSPS) is 22.1. The van der Waals surface area contributed by atoms with E-state index in [0.717, 1.165) is 31.0 Å². The van der Waals surface area contributed by atoms with Crippen LogP contribution in [-0.4, -0.2) is 38.3 Å². The van der Waals surface area contributed by atoms with Crippen LogP contribution >= 0.6 is 0 Å². The number of furan rings is 1. The Balaban J connectivity index is 1.89. The zero-order valence-corrected chi connectivity index (χ0v) is 15.0. The lowest BCUT2D eigenvalue weighted by Gasteiger charge is -2.38. The molecule has 0 N–H and O–H groups in total. The molecule has 0 radical (unpaired) electrons. The average Bonchev–Trinajstić information content (AvgIpc) is 3.09. The average molecular weight is 349 g/mol. The molecule has 2 aromatic heterocycles. The van der Waals surface area contributed by atoms with Gasteiger partial charge in [-0.15, -0.1) is 0 Å². The van der Waals surface area contributed by atoms with Gasteiger partial charge >= 0.3 is 0 Å².